The van der Waals surface area contributed by atoms with Crippen LogP contribution in [0.15, 0.2) is 30.3 Å². The van der Waals surface area contributed by atoms with Gasteiger partial charge in [0.25, 0.3) is 5.69 Å². The monoisotopic (exact) mass is 389 g/mol. The molecule has 0 radical (unpaired) electrons. The van der Waals surface area contributed by atoms with E-state index in [2.05, 4.69) is 9.97 Å². The second-order valence-electron chi connectivity index (χ2n) is 5.82. The third-order valence-electron chi connectivity index (χ3n) is 3.77. The van der Waals surface area contributed by atoms with Crippen molar-refractivity contribution in [2.24, 2.45) is 0 Å². The Labute approximate surface area is 146 Å². The van der Waals surface area contributed by atoms with E-state index in [0.717, 1.165) is 0 Å². The summed E-state index contributed by atoms with van der Waals surface area (Å²) >= 11 is 0. The Balaban J connectivity index is 2.27. The van der Waals surface area contributed by atoms with Gasteiger partial charge in [0.15, 0.2) is 5.52 Å². The number of hydrogen-bond donors (Lipinski definition) is 1. The minimum atomic E-state index is -5.01. The summed E-state index contributed by atoms with van der Waals surface area (Å²) in [6, 6.07) is 3.67. The highest BCUT2D eigenvalue weighted by molar-refractivity contribution is 5.88. The molecule has 2 aromatic carbocycles. The molecular formula is C16H9F6N3O2. The number of nitrogens with one attached hydrogen (secondary N) is 1. The average molecular weight is 389 g/mol. The van der Waals surface area contributed by atoms with Crippen molar-refractivity contribution in [2.45, 2.75) is 19.3 Å². The zero-order valence-electron chi connectivity index (χ0n) is 13.4. The topological polar surface area (TPSA) is 71.8 Å². The highest BCUT2D eigenvalue weighted by atomic mass is 19.4. The molecule has 0 saturated heterocycles. The molecule has 0 aliphatic heterocycles. The molecule has 1 heterocycles. The van der Waals surface area contributed by atoms with Gasteiger partial charge in [-0.2, -0.15) is 26.3 Å². The smallest absolute Gasteiger partial charge is 0.338 e. The number of H-pyrrole nitrogens is 1. The minimum absolute atomic E-state index is 0.00124. The van der Waals surface area contributed by atoms with Crippen molar-refractivity contribution in [2.75, 3.05) is 0 Å². The van der Waals surface area contributed by atoms with Gasteiger partial charge in [-0.1, -0.05) is 0 Å². The molecule has 3 rings (SSSR count). The van der Waals surface area contributed by atoms with E-state index in [1.54, 1.807) is 6.92 Å². The van der Waals surface area contributed by atoms with E-state index < -0.39 is 39.7 Å². The number of benzene rings is 2. The van der Waals surface area contributed by atoms with E-state index in [1.165, 1.54) is 12.1 Å². The first-order chi connectivity index (χ1) is 12.4. The number of nitrogens with zero attached hydrogens (tertiary/aromatic N) is 2. The lowest BCUT2D eigenvalue weighted by Crippen LogP contribution is -2.11. The van der Waals surface area contributed by atoms with Crippen molar-refractivity contribution in [3.05, 3.63) is 57.1 Å². The Morgan fingerprint density at radius 1 is 0.963 bits per heavy atom. The molecular weight excluding hydrogens is 380 g/mol. The van der Waals surface area contributed by atoms with Gasteiger partial charge in [0.1, 0.15) is 5.82 Å². The fourth-order valence-electron chi connectivity index (χ4n) is 2.61. The third-order valence-corrected chi connectivity index (χ3v) is 3.77. The number of aromatic amines is 1. The van der Waals surface area contributed by atoms with E-state index in [-0.39, 0.29) is 22.9 Å². The number of alkyl halides is 6. The molecule has 0 saturated carbocycles. The average Bonchev–Trinajstić information content (AvgIpc) is 2.95. The molecule has 11 heteroatoms. The Morgan fingerprint density at radius 2 is 1.52 bits per heavy atom. The first-order valence-electron chi connectivity index (χ1n) is 7.31. The van der Waals surface area contributed by atoms with Crippen molar-refractivity contribution in [1.29, 1.82) is 0 Å². The molecule has 0 aliphatic rings. The highest BCUT2D eigenvalue weighted by Gasteiger charge is 2.37. The second-order valence-corrected chi connectivity index (χ2v) is 5.82. The molecule has 0 atom stereocenters. The number of nitro benzene ring substituents is 1. The number of nitro groups is 1. The molecule has 0 bridgehead atoms. The van der Waals surface area contributed by atoms with Gasteiger partial charge in [0, 0.05) is 11.6 Å². The summed E-state index contributed by atoms with van der Waals surface area (Å²) in [4.78, 5) is 16.8. The largest absolute Gasteiger partial charge is 0.416 e. The molecule has 27 heavy (non-hydrogen) atoms. The summed E-state index contributed by atoms with van der Waals surface area (Å²) in [6.07, 6.45) is -10.0. The van der Waals surface area contributed by atoms with Crippen molar-refractivity contribution in [3.63, 3.8) is 0 Å². The van der Waals surface area contributed by atoms with Crippen LogP contribution < -0.4 is 0 Å². The molecule has 5 nitrogen and oxygen atoms in total. The minimum Gasteiger partial charge on any atom is -0.338 e. The number of hydrogen-bond acceptors (Lipinski definition) is 3. The van der Waals surface area contributed by atoms with E-state index in [9.17, 15) is 36.5 Å². The molecule has 142 valence electrons. The Bertz CT molecular complexity index is 1020. The molecule has 3 aromatic rings. The lowest BCUT2D eigenvalue weighted by Gasteiger charge is -2.13. The van der Waals surface area contributed by atoms with Crippen LogP contribution in [-0.4, -0.2) is 14.9 Å². The maximum atomic E-state index is 13.0. The fraction of sp³-hybridized carbons (Fsp3) is 0.188. The SMILES string of the molecule is Cc1cc([N+](=O)[O-])c2nc(-c3cc(C(F)(F)F)cc(C(F)(F)F)c3)[nH]c2c1. The van der Waals surface area contributed by atoms with Gasteiger partial charge in [0.2, 0.25) is 0 Å². The van der Waals surface area contributed by atoms with Gasteiger partial charge in [-0.15, -0.1) is 0 Å². The Morgan fingerprint density at radius 3 is 2.00 bits per heavy atom. The predicted molar refractivity (Wildman–Crippen MR) is 82.9 cm³/mol. The standard InChI is InChI=1S/C16H9F6N3O2/c1-7-2-11-13(12(3-7)25(26)27)24-14(23-11)8-4-9(15(17,18)19)6-10(5-8)16(20,21)22/h2-6H,1H3,(H,23,24). The van der Waals surface area contributed by atoms with Crippen LogP contribution in [0.2, 0.25) is 0 Å². The normalized spacial score (nSPS) is 12.6. The van der Waals surface area contributed by atoms with Crippen LogP contribution in [0.1, 0.15) is 16.7 Å². The van der Waals surface area contributed by atoms with Crippen LogP contribution >= 0.6 is 0 Å². The van der Waals surface area contributed by atoms with Crippen LogP contribution in [0.5, 0.6) is 0 Å². The van der Waals surface area contributed by atoms with Crippen LogP contribution in [0.4, 0.5) is 32.0 Å². The number of aryl methyl sites for hydroxylation is 1. The van der Waals surface area contributed by atoms with Gasteiger partial charge >= 0.3 is 12.4 Å². The van der Waals surface area contributed by atoms with E-state index in [0.29, 0.717) is 17.7 Å². The van der Waals surface area contributed by atoms with E-state index in [4.69, 9.17) is 0 Å². The number of non-ortho nitro benzene ring substituents is 1. The van der Waals surface area contributed by atoms with Gasteiger partial charge < -0.3 is 4.98 Å². The second kappa shape index (κ2) is 5.96. The molecule has 0 spiro atoms. The number of halogens is 6. The van der Waals surface area contributed by atoms with Crippen LogP contribution in [0.3, 0.4) is 0 Å². The lowest BCUT2D eigenvalue weighted by molar-refractivity contribution is -0.383. The van der Waals surface area contributed by atoms with Crippen molar-refractivity contribution < 1.29 is 31.3 Å². The lowest BCUT2D eigenvalue weighted by atomic mass is 10.0. The third kappa shape index (κ3) is 3.57. The zero-order valence-corrected chi connectivity index (χ0v) is 13.4. The van der Waals surface area contributed by atoms with Gasteiger partial charge in [-0.25, -0.2) is 4.98 Å². The van der Waals surface area contributed by atoms with E-state index >= 15 is 0 Å². The maximum absolute atomic E-state index is 13.0. The van der Waals surface area contributed by atoms with Crippen LogP contribution in [-0.2, 0) is 12.4 Å². The number of imidazole rings is 1. The first-order valence-corrected chi connectivity index (χ1v) is 7.31. The van der Waals surface area contributed by atoms with Gasteiger partial charge in [0.05, 0.1) is 21.6 Å². The van der Waals surface area contributed by atoms with E-state index in [1.807, 2.05) is 0 Å². The van der Waals surface area contributed by atoms with Crippen molar-refractivity contribution in [1.82, 2.24) is 9.97 Å². The molecule has 0 amide bonds. The molecule has 0 fully saturated rings. The van der Waals surface area contributed by atoms with Crippen molar-refractivity contribution in [3.8, 4) is 11.4 Å². The Kier molecular flexibility index (Phi) is 4.12. The molecule has 0 aliphatic carbocycles. The number of aromatic nitrogens is 2. The van der Waals surface area contributed by atoms with Crippen molar-refractivity contribution >= 4 is 16.7 Å². The summed E-state index contributed by atoms with van der Waals surface area (Å²) in [5.74, 6) is -0.338. The molecule has 0 unspecified atom stereocenters. The first kappa shape index (κ1) is 18.7. The zero-order chi connectivity index (χ0) is 20.1. The maximum Gasteiger partial charge on any atom is 0.416 e. The number of fused-ring (bicyclic) bond motifs is 1. The van der Waals surface area contributed by atoms with Gasteiger partial charge in [-0.3, -0.25) is 10.1 Å². The summed E-state index contributed by atoms with van der Waals surface area (Å²) in [5.41, 5.74) is -3.45. The van der Waals surface area contributed by atoms with Crippen LogP contribution in [0, 0.1) is 17.0 Å². The number of rotatable bonds is 2. The molecule has 1 N–H and O–H groups in total. The summed E-state index contributed by atoms with van der Waals surface area (Å²) in [7, 11) is 0. The quantitative estimate of drug-likeness (QED) is 0.358. The molecule has 1 aromatic heterocycles. The Hall–Kier alpha value is -3.11. The van der Waals surface area contributed by atoms with Gasteiger partial charge in [-0.05, 0) is 36.8 Å². The predicted octanol–water partition coefficient (Wildman–Crippen LogP) is 5.48. The van der Waals surface area contributed by atoms with Crippen LogP contribution in [0.25, 0.3) is 22.4 Å². The summed E-state index contributed by atoms with van der Waals surface area (Å²) < 4.78 is 78.0. The fourth-order valence-corrected chi connectivity index (χ4v) is 2.61. The highest BCUT2D eigenvalue weighted by Crippen LogP contribution is 2.39. The summed E-state index contributed by atoms with van der Waals surface area (Å²) in [5, 5.41) is 11.1. The summed E-state index contributed by atoms with van der Waals surface area (Å²) in [6.45, 7) is 1.55.